The standard InChI is InChI=1S/C23H19N5O5/c1-13-12-28-20(26-11-18(22(28)31)23(32)33)17-9-15(4-5-16(13)17)27-19(29)6-8-25-21(30)14-3-2-7-24-10-14/h2-5,7,9-12H,6,8H2,1H3,(H,25,30)(H,27,29)(H,32,33). The minimum atomic E-state index is -1.35. The van der Waals surface area contributed by atoms with Crippen molar-refractivity contribution in [1.29, 1.82) is 0 Å². The van der Waals surface area contributed by atoms with E-state index in [1.165, 1.54) is 10.6 Å². The van der Waals surface area contributed by atoms with E-state index in [0.29, 0.717) is 16.6 Å². The van der Waals surface area contributed by atoms with E-state index >= 15 is 0 Å². The number of nitrogens with one attached hydrogen (secondary N) is 2. The number of carboxylic acids is 1. The van der Waals surface area contributed by atoms with Gasteiger partial charge in [-0.25, -0.2) is 9.78 Å². The molecule has 3 aromatic heterocycles. The monoisotopic (exact) mass is 445 g/mol. The summed E-state index contributed by atoms with van der Waals surface area (Å²) in [4.78, 5) is 56.2. The Morgan fingerprint density at radius 1 is 1.12 bits per heavy atom. The molecular formula is C23H19N5O5. The van der Waals surface area contributed by atoms with Crippen molar-refractivity contribution in [3.05, 3.63) is 82.2 Å². The van der Waals surface area contributed by atoms with Crippen LogP contribution in [0.4, 0.5) is 5.69 Å². The van der Waals surface area contributed by atoms with Gasteiger partial charge < -0.3 is 15.7 Å². The van der Waals surface area contributed by atoms with E-state index in [-0.39, 0.29) is 30.4 Å². The van der Waals surface area contributed by atoms with Crippen LogP contribution in [-0.2, 0) is 4.79 Å². The Bertz CT molecular complexity index is 1460. The molecule has 0 unspecified atom stereocenters. The summed E-state index contributed by atoms with van der Waals surface area (Å²) in [7, 11) is 0. The van der Waals surface area contributed by atoms with Crippen LogP contribution in [0.15, 0.2) is 59.9 Å². The summed E-state index contributed by atoms with van der Waals surface area (Å²) in [6, 6.07) is 8.47. The summed E-state index contributed by atoms with van der Waals surface area (Å²) in [5.74, 6) is -1.98. The third-order valence-corrected chi connectivity index (χ3v) is 5.08. The fourth-order valence-electron chi connectivity index (χ4n) is 3.46. The molecule has 0 aliphatic carbocycles. The van der Waals surface area contributed by atoms with Crippen LogP contribution in [-0.4, -0.2) is 43.8 Å². The number of nitrogens with zero attached hydrogens (tertiary/aromatic N) is 3. The number of benzene rings is 1. The molecule has 0 aliphatic rings. The number of hydrogen-bond donors (Lipinski definition) is 3. The summed E-state index contributed by atoms with van der Waals surface area (Å²) in [5.41, 5.74) is 0.810. The number of amides is 2. The Kier molecular flexibility index (Phi) is 5.81. The Morgan fingerprint density at radius 2 is 1.94 bits per heavy atom. The molecule has 0 atom stereocenters. The van der Waals surface area contributed by atoms with E-state index in [4.69, 9.17) is 0 Å². The second-order valence-corrected chi connectivity index (χ2v) is 7.34. The molecule has 166 valence electrons. The largest absolute Gasteiger partial charge is 0.477 e. The molecule has 0 radical (unpaired) electrons. The van der Waals surface area contributed by atoms with Gasteiger partial charge in [-0.15, -0.1) is 0 Å². The molecule has 0 spiro atoms. The molecule has 1 aromatic carbocycles. The number of carbonyl (C=O) groups is 3. The number of aryl methyl sites for hydroxylation is 1. The van der Waals surface area contributed by atoms with Gasteiger partial charge in [-0.05, 0) is 42.1 Å². The van der Waals surface area contributed by atoms with Crippen molar-refractivity contribution in [2.75, 3.05) is 11.9 Å². The first-order valence-electron chi connectivity index (χ1n) is 10.0. The Labute approximate surface area is 186 Å². The number of anilines is 1. The third kappa shape index (κ3) is 4.40. The molecule has 0 fully saturated rings. The zero-order valence-corrected chi connectivity index (χ0v) is 17.5. The molecule has 10 nitrogen and oxygen atoms in total. The van der Waals surface area contributed by atoms with Crippen LogP contribution in [0, 0.1) is 6.92 Å². The smallest absolute Gasteiger partial charge is 0.342 e. The lowest BCUT2D eigenvalue weighted by Crippen LogP contribution is -2.27. The molecule has 0 saturated carbocycles. The number of aromatic carboxylic acids is 1. The first-order chi connectivity index (χ1) is 15.8. The highest BCUT2D eigenvalue weighted by Gasteiger charge is 2.15. The Morgan fingerprint density at radius 3 is 2.67 bits per heavy atom. The van der Waals surface area contributed by atoms with Crippen LogP contribution in [0.3, 0.4) is 0 Å². The fourth-order valence-corrected chi connectivity index (χ4v) is 3.46. The molecule has 3 heterocycles. The number of carboxylic acid groups (broad SMARTS) is 1. The molecule has 3 N–H and O–H groups in total. The summed E-state index contributed by atoms with van der Waals surface area (Å²) in [6.45, 7) is 1.94. The Balaban J connectivity index is 1.53. The molecular weight excluding hydrogens is 426 g/mol. The van der Waals surface area contributed by atoms with E-state index in [1.807, 2.05) is 0 Å². The van der Waals surface area contributed by atoms with E-state index in [0.717, 1.165) is 17.1 Å². The van der Waals surface area contributed by atoms with Crippen LogP contribution in [0.2, 0.25) is 0 Å². The predicted octanol–water partition coefficient (Wildman–Crippen LogP) is 2.01. The van der Waals surface area contributed by atoms with Crippen molar-refractivity contribution in [2.45, 2.75) is 13.3 Å². The molecule has 0 saturated heterocycles. The van der Waals surface area contributed by atoms with Crippen molar-refractivity contribution >= 4 is 39.9 Å². The molecule has 4 rings (SSSR count). The molecule has 4 aromatic rings. The fraction of sp³-hybridized carbons (Fsp3) is 0.130. The van der Waals surface area contributed by atoms with Crippen molar-refractivity contribution in [1.82, 2.24) is 19.7 Å². The molecule has 10 heteroatoms. The van der Waals surface area contributed by atoms with Gasteiger partial charge in [0.25, 0.3) is 11.5 Å². The van der Waals surface area contributed by atoms with Crippen molar-refractivity contribution in [3.63, 3.8) is 0 Å². The van der Waals surface area contributed by atoms with Gasteiger partial charge in [-0.3, -0.25) is 23.8 Å². The van der Waals surface area contributed by atoms with Crippen LogP contribution < -0.4 is 16.2 Å². The zero-order valence-electron chi connectivity index (χ0n) is 17.5. The molecule has 0 bridgehead atoms. The van der Waals surface area contributed by atoms with E-state index in [9.17, 15) is 24.3 Å². The maximum absolute atomic E-state index is 12.5. The predicted molar refractivity (Wildman–Crippen MR) is 120 cm³/mol. The average molecular weight is 445 g/mol. The van der Waals surface area contributed by atoms with E-state index < -0.39 is 17.1 Å². The number of rotatable bonds is 6. The van der Waals surface area contributed by atoms with Gasteiger partial charge in [0.05, 0.1) is 5.56 Å². The summed E-state index contributed by atoms with van der Waals surface area (Å²) in [5, 5.41) is 16.0. The number of aromatic nitrogens is 3. The molecule has 0 aliphatic heterocycles. The van der Waals surface area contributed by atoms with Gasteiger partial charge in [0.1, 0.15) is 11.2 Å². The lowest BCUT2D eigenvalue weighted by atomic mass is 10.1. The van der Waals surface area contributed by atoms with Crippen LogP contribution >= 0.6 is 0 Å². The normalized spacial score (nSPS) is 10.8. The lowest BCUT2D eigenvalue weighted by molar-refractivity contribution is -0.116. The van der Waals surface area contributed by atoms with Gasteiger partial charge in [-0.2, -0.15) is 0 Å². The molecule has 2 amide bonds. The van der Waals surface area contributed by atoms with Gasteiger partial charge in [0.15, 0.2) is 0 Å². The highest BCUT2D eigenvalue weighted by Crippen LogP contribution is 2.25. The third-order valence-electron chi connectivity index (χ3n) is 5.08. The Hall–Kier alpha value is -4.60. The molecule has 33 heavy (non-hydrogen) atoms. The highest BCUT2D eigenvalue weighted by atomic mass is 16.4. The number of pyridine rings is 2. The van der Waals surface area contributed by atoms with Crippen LogP contribution in [0.25, 0.3) is 16.4 Å². The van der Waals surface area contributed by atoms with Crippen LogP contribution in [0.1, 0.15) is 32.7 Å². The SMILES string of the molecule is Cc1cn2c(=O)c(C(=O)O)cnc2c2cc(NC(=O)CCNC(=O)c3cccnc3)ccc12. The maximum Gasteiger partial charge on any atom is 0.342 e. The van der Waals surface area contributed by atoms with Gasteiger partial charge >= 0.3 is 5.97 Å². The maximum atomic E-state index is 12.5. The van der Waals surface area contributed by atoms with Gasteiger partial charge in [0, 0.05) is 48.8 Å². The zero-order chi connectivity index (χ0) is 23.5. The topological polar surface area (TPSA) is 143 Å². The second kappa shape index (κ2) is 8.87. The summed E-state index contributed by atoms with van der Waals surface area (Å²) >= 11 is 0. The number of carbonyl (C=O) groups excluding carboxylic acids is 2. The van der Waals surface area contributed by atoms with Gasteiger partial charge in [-0.1, -0.05) is 6.07 Å². The lowest BCUT2D eigenvalue weighted by Gasteiger charge is -2.11. The van der Waals surface area contributed by atoms with Crippen molar-refractivity contribution in [3.8, 4) is 0 Å². The minimum Gasteiger partial charge on any atom is -0.477 e. The first kappa shape index (κ1) is 21.6. The van der Waals surface area contributed by atoms with E-state index in [1.54, 1.807) is 49.6 Å². The quantitative estimate of drug-likeness (QED) is 0.385. The summed E-state index contributed by atoms with van der Waals surface area (Å²) in [6.07, 6.45) is 5.64. The minimum absolute atomic E-state index is 0.0539. The highest BCUT2D eigenvalue weighted by molar-refractivity contribution is 6.01. The second-order valence-electron chi connectivity index (χ2n) is 7.34. The average Bonchev–Trinajstić information content (AvgIpc) is 2.80. The summed E-state index contributed by atoms with van der Waals surface area (Å²) < 4.78 is 1.20. The van der Waals surface area contributed by atoms with Gasteiger partial charge in [0.2, 0.25) is 5.91 Å². The number of fused-ring (bicyclic) bond motifs is 3. The van der Waals surface area contributed by atoms with Crippen LogP contribution in [0.5, 0.6) is 0 Å². The van der Waals surface area contributed by atoms with Crippen molar-refractivity contribution in [2.24, 2.45) is 0 Å². The van der Waals surface area contributed by atoms with E-state index in [2.05, 4.69) is 20.6 Å². The number of hydrogen-bond acceptors (Lipinski definition) is 6. The first-order valence-corrected chi connectivity index (χ1v) is 10.0. The van der Waals surface area contributed by atoms with Crippen molar-refractivity contribution < 1.29 is 19.5 Å².